The second-order valence-electron chi connectivity index (χ2n) is 6.20. The lowest BCUT2D eigenvalue weighted by Crippen LogP contribution is -2.35. The smallest absolute Gasteiger partial charge is 0.326 e. The number of unbranched alkanes of at least 4 members (excludes halogenated alkanes) is 7. The number of hydrogen-bond donors (Lipinski definition) is 2. The number of likely N-dealkylation sites (N-methyl/N-ethyl adjacent to an activating group) is 1. The third kappa shape index (κ3) is 12.7. The Balaban J connectivity index is 3.92. The summed E-state index contributed by atoms with van der Waals surface area (Å²) in [5.74, 6) is -1.43. The second-order valence-corrected chi connectivity index (χ2v) is 6.20. The highest BCUT2D eigenvalue weighted by Gasteiger charge is 2.20. The molecule has 5 heteroatoms. The molecule has 0 rings (SSSR count). The molecule has 0 spiro atoms. The van der Waals surface area contributed by atoms with Crippen LogP contribution in [0.1, 0.15) is 71.1 Å². The minimum atomic E-state index is -0.949. The summed E-state index contributed by atoms with van der Waals surface area (Å²) in [5.41, 5.74) is 5.07. The van der Waals surface area contributed by atoms with E-state index < -0.39 is 17.9 Å². The van der Waals surface area contributed by atoms with Crippen LogP contribution >= 0.6 is 0 Å². The lowest BCUT2D eigenvalue weighted by atomic mass is 10.1. The molecule has 0 aromatic rings. The normalized spacial score (nSPS) is 12.8. The fraction of sp³-hybridized carbons (Fsp3) is 0.684. The molecule has 1 atom stereocenters. The van der Waals surface area contributed by atoms with E-state index in [9.17, 15) is 14.7 Å². The first-order valence-electron chi connectivity index (χ1n) is 9.05. The van der Waals surface area contributed by atoms with E-state index in [0.717, 1.165) is 6.42 Å². The lowest BCUT2D eigenvalue weighted by molar-refractivity contribution is -0.142. The van der Waals surface area contributed by atoms with Crippen LogP contribution in [-0.4, -0.2) is 35.0 Å². The fourth-order valence-electron chi connectivity index (χ4n) is 2.46. The Labute approximate surface area is 146 Å². The number of primary amides is 1. The van der Waals surface area contributed by atoms with Crippen LogP contribution in [-0.2, 0) is 9.59 Å². The molecule has 0 aliphatic heterocycles. The number of carbonyl (C=O) groups excluding carboxylic acids is 1. The van der Waals surface area contributed by atoms with Crippen molar-refractivity contribution in [3.63, 3.8) is 0 Å². The summed E-state index contributed by atoms with van der Waals surface area (Å²) in [6, 6.07) is -0.731. The molecule has 138 valence electrons. The van der Waals surface area contributed by atoms with Crippen LogP contribution in [0.4, 0.5) is 0 Å². The van der Waals surface area contributed by atoms with Crippen molar-refractivity contribution in [2.24, 2.45) is 5.73 Å². The quantitative estimate of drug-likeness (QED) is 0.351. The zero-order valence-electron chi connectivity index (χ0n) is 15.2. The topological polar surface area (TPSA) is 83.6 Å². The van der Waals surface area contributed by atoms with Gasteiger partial charge in [-0.3, -0.25) is 4.79 Å². The van der Waals surface area contributed by atoms with E-state index in [0.29, 0.717) is 0 Å². The van der Waals surface area contributed by atoms with Gasteiger partial charge in [-0.15, -0.1) is 0 Å². The molecular formula is C19H34N2O3. The number of carbonyl (C=O) groups is 2. The minimum Gasteiger partial charge on any atom is -0.480 e. The Morgan fingerprint density at radius 2 is 1.71 bits per heavy atom. The molecule has 0 aliphatic carbocycles. The molecule has 5 nitrogen and oxygen atoms in total. The summed E-state index contributed by atoms with van der Waals surface area (Å²) >= 11 is 0. The number of nitrogens with zero attached hydrogens (tertiary/aromatic N) is 1. The molecule has 0 saturated carbocycles. The first-order chi connectivity index (χ1) is 11.5. The molecular weight excluding hydrogens is 304 g/mol. The highest BCUT2D eigenvalue weighted by atomic mass is 16.4. The van der Waals surface area contributed by atoms with Crippen molar-refractivity contribution >= 4 is 11.9 Å². The molecule has 3 N–H and O–H groups in total. The Morgan fingerprint density at radius 3 is 2.29 bits per heavy atom. The van der Waals surface area contributed by atoms with Gasteiger partial charge in [-0.1, -0.05) is 57.6 Å². The molecule has 0 saturated heterocycles. The third-order valence-corrected chi connectivity index (χ3v) is 3.98. The van der Waals surface area contributed by atoms with Gasteiger partial charge in [0.15, 0.2) is 0 Å². The van der Waals surface area contributed by atoms with Gasteiger partial charge in [-0.05, 0) is 31.5 Å². The lowest BCUT2D eigenvalue weighted by Gasteiger charge is -2.22. The van der Waals surface area contributed by atoms with E-state index in [2.05, 4.69) is 13.0 Å². The summed E-state index contributed by atoms with van der Waals surface area (Å²) in [6.07, 6.45) is 18.0. The average molecular weight is 338 g/mol. The summed E-state index contributed by atoms with van der Waals surface area (Å²) in [4.78, 5) is 23.6. The first-order valence-corrected chi connectivity index (χ1v) is 9.05. The van der Waals surface area contributed by atoms with E-state index >= 15 is 0 Å². The van der Waals surface area contributed by atoms with Crippen molar-refractivity contribution in [1.29, 1.82) is 0 Å². The summed E-state index contributed by atoms with van der Waals surface area (Å²) in [7, 11) is 1.69. The Morgan fingerprint density at radius 1 is 1.08 bits per heavy atom. The maximum Gasteiger partial charge on any atom is 0.326 e. The van der Waals surface area contributed by atoms with E-state index in [4.69, 9.17) is 5.73 Å². The SMILES string of the molecule is CCCCCCCCCC=CC=CN(C)C(CCC(N)=O)C(=O)O. The Kier molecular flexibility index (Phi) is 13.7. The average Bonchev–Trinajstić information content (AvgIpc) is 2.52. The number of carboxylic acids is 1. The number of allylic oxidation sites excluding steroid dienone is 3. The molecule has 0 heterocycles. The molecule has 1 unspecified atom stereocenters. The van der Waals surface area contributed by atoms with Crippen molar-refractivity contribution in [3.05, 3.63) is 24.4 Å². The van der Waals surface area contributed by atoms with Gasteiger partial charge in [-0.2, -0.15) is 0 Å². The van der Waals surface area contributed by atoms with Crippen LogP contribution < -0.4 is 5.73 Å². The van der Waals surface area contributed by atoms with Crippen molar-refractivity contribution in [2.75, 3.05) is 7.05 Å². The van der Waals surface area contributed by atoms with Crippen molar-refractivity contribution in [1.82, 2.24) is 4.90 Å². The number of carboxylic acid groups (broad SMARTS) is 1. The first kappa shape index (κ1) is 22.2. The van der Waals surface area contributed by atoms with Gasteiger partial charge in [0, 0.05) is 13.5 Å². The van der Waals surface area contributed by atoms with E-state index in [-0.39, 0.29) is 12.8 Å². The van der Waals surface area contributed by atoms with Crippen LogP contribution in [0.5, 0.6) is 0 Å². The summed E-state index contributed by atoms with van der Waals surface area (Å²) < 4.78 is 0. The van der Waals surface area contributed by atoms with Crippen molar-refractivity contribution in [2.45, 2.75) is 77.2 Å². The van der Waals surface area contributed by atoms with Gasteiger partial charge in [0.1, 0.15) is 6.04 Å². The van der Waals surface area contributed by atoms with Crippen molar-refractivity contribution < 1.29 is 14.7 Å². The predicted molar refractivity (Wildman–Crippen MR) is 98.5 cm³/mol. The largest absolute Gasteiger partial charge is 0.480 e. The molecule has 24 heavy (non-hydrogen) atoms. The summed E-state index contributed by atoms with van der Waals surface area (Å²) in [6.45, 7) is 2.23. The third-order valence-electron chi connectivity index (χ3n) is 3.98. The zero-order chi connectivity index (χ0) is 18.2. The molecule has 0 aromatic heterocycles. The number of rotatable bonds is 15. The predicted octanol–water partition coefficient (Wildman–Crippen LogP) is 3.85. The molecule has 0 aliphatic rings. The monoisotopic (exact) mass is 338 g/mol. The van der Waals surface area contributed by atoms with Crippen LogP contribution in [0.15, 0.2) is 24.4 Å². The fourth-order valence-corrected chi connectivity index (χ4v) is 2.46. The van der Waals surface area contributed by atoms with E-state index in [1.54, 1.807) is 18.1 Å². The highest BCUT2D eigenvalue weighted by molar-refractivity contribution is 5.77. The van der Waals surface area contributed by atoms with Crippen LogP contribution in [0.2, 0.25) is 0 Å². The summed E-state index contributed by atoms with van der Waals surface area (Å²) in [5, 5.41) is 9.19. The molecule has 0 aromatic carbocycles. The van der Waals surface area contributed by atoms with Crippen LogP contribution in [0.3, 0.4) is 0 Å². The number of aliphatic carboxylic acids is 1. The number of amides is 1. The van der Waals surface area contributed by atoms with Gasteiger partial charge < -0.3 is 15.7 Å². The van der Waals surface area contributed by atoms with Gasteiger partial charge in [0.05, 0.1) is 0 Å². The molecule has 0 radical (unpaired) electrons. The number of nitrogens with two attached hydrogens (primary N) is 1. The molecule has 0 fully saturated rings. The Bertz CT molecular complexity index is 405. The van der Waals surface area contributed by atoms with Gasteiger partial charge >= 0.3 is 5.97 Å². The van der Waals surface area contributed by atoms with Gasteiger partial charge in [0.2, 0.25) is 5.91 Å². The van der Waals surface area contributed by atoms with Crippen LogP contribution in [0, 0.1) is 0 Å². The maximum atomic E-state index is 11.2. The standard InChI is InChI=1S/C19H34N2O3/c1-3-4-5-6-7-8-9-10-11-12-13-16-21(2)17(19(23)24)14-15-18(20)22/h11-13,16-17H,3-10,14-15H2,1-2H3,(H2,20,22)(H,23,24). The molecule has 1 amide bonds. The maximum absolute atomic E-state index is 11.2. The van der Waals surface area contributed by atoms with Gasteiger partial charge in [-0.25, -0.2) is 4.79 Å². The minimum absolute atomic E-state index is 0.0727. The Hall–Kier alpha value is -1.78. The van der Waals surface area contributed by atoms with Crippen molar-refractivity contribution in [3.8, 4) is 0 Å². The number of hydrogen-bond acceptors (Lipinski definition) is 3. The second kappa shape index (κ2) is 14.8. The van der Waals surface area contributed by atoms with Crippen LogP contribution in [0.25, 0.3) is 0 Å². The van der Waals surface area contributed by atoms with Gasteiger partial charge in [0.25, 0.3) is 0 Å². The zero-order valence-corrected chi connectivity index (χ0v) is 15.2. The molecule has 0 bridgehead atoms. The highest BCUT2D eigenvalue weighted by Crippen LogP contribution is 2.09. The van der Waals surface area contributed by atoms with E-state index in [1.165, 1.54) is 44.9 Å². The van der Waals surface area contributed by atoms with E-state index in [1.807, 2.05) is 12.2 Å².